The maximum absolute atomic E-state index is 13.5. The molecule has 0 bridgehead atoms. The average molecular weight is 537 g/mol. The molecule has 3 aromatic rings. The number of hydrogen-bond donors (Lipinski definition) is 0. The van der Waals surface area contributed by atoms with Gasteiger partial charge in [0.05, 0.1) is 26.9 Å². The fourth-order valence-electron chi connectivity index (χ4n) is 5.87. The summed E-state index contributed by atoms with van der Waals surface area (Å²) in [4.78, 5) is 5.01. The highest BCUT2D eigenvalue weighted by Crippen LogP contribution is 2.37. The summed E-state index contributed by atoms with van der Waals surface area (Å²) >= 11 is 0. The molecule has 2 aliphatic heterocycles. The summed E-state index contributed by atoms with van der Waals surface area (Å²) in [7, 11) is 3.34. The summed E-state index contributed by atoms with van der Waals surface area (Å²) in [5.74, 6) is 1.15. The van der Waals surface area contributed by atoms with E-state index in [1.807, 2.05) is 24.3 Å². The van der Waals surface area contributed by atoms with E-state index >= 15 is 0 Å². The van der Waals surface area contributed by atoms with Gasteiger partial charge in [0.25, 0.3) is 0 Å². The lowest BCUT2D eigenvalue weighted by molar-refractivity contribution is 0.00426. The minimum atomic E-state index is -0.240. The van der Waals surface area contributed by atoms with Crippen LogP contribution in [-0.4, -0.2) is 69.9 Å². The number of nitrogens with zero attached hydrogens (tertiary/aromatic N) is 2. The summed E-state index contributed by atoms with van der Waals surface area (Å²) in [6.45, 7) is 6.63. The molecule has 208 valence electrons. The number of piperazine rings is 1. The molecule has 0 N–H and O–H groups in total. The normalized spacial score (nSPS) is 18.2. The smallest absolute Gasteiger partial charge is 0.161 e. The highest BCUT2D eigenvalue weighted by Gasteiger charge is 2.27. The Bertz CT molecular complexity index is 1170. The van der Waals surface area contributed by atoms with Crippen molar-refractivity contribution in [2.45, 2.75) is 31.3 Å². The van der Waals surface area contributed by atoms with Crippen molar-refractivity contribution in [1.82, 2.24) is 9.80 Å². The van der Waals surface area contributed by atoms with Crippen molar-refractivity contribution in [3.8, 4) is 11.5 Å². The minimum Gasteiger partial charge on any atom is -0.493 e. The van der Waals surface area contributed by atoms with Gasteiger partial charge in [-0.05, 0) is 84.5 Å². The Morgan fingerprint density at radius 1 is 0.821 bits per heavy atom. The first-order chi connectivity index (χ1) is 19.0. The van der Waals surface area contributed by atoms with E-state index in [1.165, 1.54) is 35.4 Å². The van der Waals surface area contributed by atoms with Gasteiger partial charge in [-0.25, -0.2) is 8.78 Å². The fraction of sp³-hybridized carbons (Fsp3) is 0.438. The second-order valence-electron chi connectivity index (χ2n) is 10.5. The van der Waals surface area contributed by atoms with Gasteiger partial charge in [0, 0.05) is 38.6 Å². The molecule has 0 aliphatic carbocycles. The van der Waals surface area contributed by atoms with Crippen LogP contribution in [0.3, 0.4) is 0 Å². The molecule has 5 nitrogen and oxygen atoms in total. The highest BCUT2D eigenvalue weighted by molar-refractivity contribution is 5.49. The van der Waals surface area contributed by atoms with Crippen molar-refractivity contribution < 1.29 is 23.0 Å². The Balaban J connectivity index is 1.14. The van der Waals surface area contributed by atoms with Crippen LogP contribution in [0.4, 0.5) is 8.78 Å². The third kappa shape index (κ3) is 6.78. The standard InChI is InChI=1S/C32H38F2N2O3/c1-37-30-20-25-13-19-39-32(29(25)21-31(30)38-2)22-36-17-15-35(16-18-36)14-3-4-28(23-5-9-26(33)10-6-23)24-7-11-27(34)12-8-24/h5-12,20-21,28,32H,3-4,13-19,22H2,1-2H3. The molecule has 2 aliphatic rings. The van der Waals surface area contributed by atoms with Crippen molar-refractivity contribution in [3.05, 3.63) is 94.6 Å². The quantitative estimate of drug-likeness (QED) is 0.326. The predicted octanol–water partition coefficient (Wildman–Crippen LogP) is 5.83. The molecule has 7 heteroatoms. The predicted molar refractivity (Wildman–Crippen MR) is 149 cm³/mol. The zero-order valence-electron chi connectivity index (χ0n) is 22.9. The molecule has 2 heterocycles. The SMILES string of the molecule is COc1cc2c(cc1OC)C(CN1CCN(CCCC(c3ccc(F)cc3)c3ccc(F)cc3)CC1)OCC2. The molecule has 0 aromatic heterocycles. The highest BCUT2D eigenvalue weighted by atomic mass is 19.1. The molecule has 0 radical (unpaired) electrons. The lowest BCUT2D eigenvalue weighted by Gasteiger charge is -2.38. The number of halogens is 2. The third-order valence-electron chi connectivity index (χ3n) is 8.08. The Kier molecular flexibility index (Phi) is 9.12. The van der Waals surface area contributed by atoms with Crippen LogP contribution in [0.15, 0.2) is 60.7 Å². The molecule has 0 amide bonds. The van der Waals surface area contributed by atoms with Gasteiger partial charge in [0.2, 0.25) is 0 Å². The topological polar surface area (TPSA) is 34.2 Å². The van der Waals surface area contributed by atoms with E-state index in [9.17, 15) is 8.78 Å². The number of fused-ring (bicyclic) bond motifs is 1. The fourth-order valence-corrected chi connectivity index (χ4v) is 5.87. The second kappa shape index (κ2) is 12.9. The summed E-state index contributed by atoms with van der Waals surface area (Å²) in [6, 6.07) is 17.6. The molecule has 1 atom stereocenters. The van der Waals surface area contributed by atoms with Gasteiger partial charge in [0.1, 0.15) is 11.6 Å². The van der Waals surface area contributed by atoms with Crippen LogP contribution in [0.2, 0.25) is 0 Å². The number of ether oxygens (including phenoxy) is 3. The molecule has 0 spiro atoms. The second-order valence-corrected chi connectivity index (χ2v) is 10.5. The van der Waals surface area contributed by atoms with Gasteiger partial charge in [-0.15, -0.1) is 0 Å². The molecule has 3 aromatic carbocycles. The average Bonchev–Trinajstić information content (AvgIpc) is 2.97. The van der Waals surface area contributed by atoms with Gasteiger partial charge in [-0.1, -0.05) is 24.3 Å². The van der Waals surface area contributed by atoms with E-state index in [1.54, 1.807) is 14.2 Å². The van der Waals surface area contributed by atoms with Gasteiger partial charge in [-0.3, -0.25) is 4.90 Å². The molecule has 39 heavy (non-hydrogen) atoms. The zero-order valence-corrected chi connectivity index (χ0v) is 22.9. The van der Waals surface area contributed by atoms with Gasteiger partial charge in [0.15, 0.2) is 11.5 Å². The summed E-state index contributed by atoms with van der Waals surface area (Å²) in [5.41, 5.74) is 4.61. The maximum Gasteiger partial charge on any atom is 0.161 e. The Hall–Kier alpha value is -3.00. The van der Waals surface area contributed by atoms with Crippen LogP contribution in [0.25, 0.3) is 0 Å². The first-order valence-electron chi connectivity index (χ1n) is 13.9. The van der Waals surface area contributed by atoms with Crippen LogP contribution in [0, 0.1) is 11.6 Å². The first kappa shape index (κ1) is 27.6. The van der Waals surface area contributed by atoms with E-state index < -0.39 is 0 Å². The van der Waals surface area contributed by atoms with Crippen LogP contribution in [0.5, 0.6) is 11.5 Å². The van der Waals surface area contributed by atoms with Gasteiger partial charge < -0.3 is 19.1 Å². The van der Waals surface area contributed by atoms with Gasteiger partial charge in [-0.2, -0.15) is 0 Å². The van der Waals surface area contributed by atoms with E-state index in [0.717, 1.165) is 87.8 Å². The summed E-state index contributed by atoms with van der Waals surface area (Å²) in [6.07, 6.45) is 2.86. The van der Waals surface area contributed by atoms with E-state index in [2.05, 4.69) is 21.9 Å². The number of benzene rings is 3. The maximum atomic E-state index is 13.5. The Morgan fingerprint density at radius 3 is 1.97 bits per heavy atom. The molecule has 0 saturated carbocycles. The molecular weight excluding hydrogens is 498 g/mol. The van der Waals surface area contributed by atoms with Crippen molar-refractivity contribution in [2.24, 2.45) is 0 Å². The summed E-state index contributed by atoms with van der Waals surface area (Å²) in [5, 5.41) is 0. The van der Waals surface area contributed by atoms with Crippen LogP contribution >= 0.6 is 0 Å². The van der Waals surface area contributed by atoms with Crippen LogP contribution in [0.1, 0.15) is 47.1 Å². The molecule has 1 saturated heterocycles. The molecular formula is C32H38F2N2O3. The lowest BCUT2D eigenvalue weighted by atomic mass is 9.87. The number of hydrogen-bond acceptors (Lipinski definition) is 5. The van der Waals surface area contributed by atoms with Crippen molar-refractivity contribution in [3.63, 3.8) is 0 Å². The molecule has 1 fully saturated rings. The first-order valence-corrected chi connectivity index (χ1v) is 13.9. The van der Waals surface area contributed by atoms with Crippen molar-refractivity contribution in [1.29, 1.82) is 0 Å². The summed E-state index contributed by atoms with van der Waals surface area (Å²) < 4.78 is 44.3. The minimum absolute atomic E-state index is 0.0345. The Labute approximate surface area is 230 Å². The van der Waals surface area contributed by atoms with E-state index in [0.29, 0.717) is 0 Å². The number of rotatable bonds is 10. The van der Waals surface area contributed by atoms with Crippen LogP contribution < -0.4 is 9.47 Å². The number of methoxy groups -OCH3 is 2. The molecule has 1 unspecified atom stereocenters. The van der Waals surface area contributed by atoms with Gasteiger partial charge >= 0.3 is 0 Å². The monoisotopic (exact) mass is 536 g/mol. The van der Waals surface area contributed by atoms with Crippen molar-refractivity contribution >= 4 is 0 Å². The van der Waals surface area contributed by atoms with Crippen molar-refractivity contribution in [2.75, 3.05) is 60.1 Å². The Morgan fingerprint density at radius 2 is 1.38 bits per heavy atom. The van der Waals surface area contributed by atoms with E-state index in [-0.39, 0.29) is 23.7 Å². The van der Waals surface area contributed by atoms with Crippen LogP contribution in [-0.2, 0) is 11.2 Å². The van der Waals surface area contributed by atoms with E-state index in [4.69, 9.17) is 14.2 Å². The molecule has 5 rings (SSSR count). The largest absolute Gasteiger partial charge is 0.493 e. The zero-order chi connectivity index (χ0) is 27.2. The lowest BCUT2D eigenvalue weighted by Crippen LogP contribution is -2.48. The third-order valence-corrected chi connectivity index (χ3v) is 8.08.